The lowest BCUT2D eigenvalue weighted by Gasteiger charge is -2.12. The Bertz CT molecular complexity index is 258. The van der Waals surface area contributed by atoms with Gasteiger partial charge in [0.2, 0.25) is 0 Å². The van der Waals surface area contributed by atoms with E-state index in [-0.39, 0.29) is 0 Å². The SMILES string of the molecule is Cc1ccc(N(C)N)cc1Cl. The van der Waals surface area contributed by atoms with Gasteiger partial charge in [-0.1, -0.05) is 17.7 Å². The van der Waals surface area contributed by atoms with Crippen molar-refractivity contribution in [1.29, 1.82) is 0 Å². The smallest absolute Gasteiger partial charge is 0.0528 e. The van der Waals surface area contributed by atoms with Crippen molar-refractivity contribution in [2.75, 3.05) is 12.1 Å². The summed E-state index contributed by atoms with van der Waals surface area (Å²) in [6.07, 6.45) is 0. The maximum atomic E-state index is 5.88. The van der Waals surface area contributed by atoms with Crippen LogP contribution in [0.5, 0.6) is 0 Å². The molecule has 60 valence electrons. The summed E-state index contributed by atoms with van der Waals surface area (Å²) < 4.78 is 0. The van der Waals surface area contributed by atoms with Gasteiger partial charge in [0, 0.05) is 12.1 Å². The summed E-state index contributed by atoms with van der Waals surface area (Å²) in [6, 6.07) is 5.72. The van der Waals surface area contributed by atoms with Crippen molar-refractivity contribution in [3.05, 3.63) is 28.8 Å². The topological polar surface area (TPSA) is 29.3 Å². The summed E-state index contributed by atoms with van der Waals surface area (Å²) in [5, 5.41) is 2.28. The molecule has 0 atom stereocenters. The van der Waals surface area contributed by atoms with Crippen LogP contribution >= 0.6 is 11.6 Å². The Kier molecular flexibility index (Phi) is 2.37. The molecule has 1 aromatic rings. The van der Waals surface area contributed by atoms with E-state index in [2.05, 4.69) is 0 Å². The standard InChI is InChI=1S/C8H11ClN2/c1-6-3-4-7(11(2)10)5-8(6)9/h3-5H,10H2,1-2H3. The first-order valence-corrected chi connectivity index (χ1v) is 3.73. The Morgan fingerprint density at radius 3 is 2.55 bits per heavy atom. The van der Waals surface area contributed by atoms with E-state index in [1.807, 2.05) is 25.1 Å². The Morgan fingerprint density at radius 2 is 2.09 bits per heavy atom. The molecule has 0 aromatic heterocycles. The third-order valence-electron chi connectivity index (χ3n) is 1.56. The molecule has 0 unspecified atom stereocenters. The third kappa shape index (κ3) is 1.85. The van der Waals surface area contributed by atoms with Crippen molar-refractivity contribution < 1.29 is 0 Å². The van der Waals surface area contributed by atoms with Crippen LogP contribution in [0.2, 0.25) is 5.02 Å². The second-order valence-electron chi connectivity index (χ2n) is 2.54. The fourth-order valence-electron chi connectivity index (χ4n) is 0.801. The van der Waals surface area contributed by atoms with Crippen LogP contribution in [-0.4, -0.2) is 7.05 Å². The van der Waals surface area contributed by atoms with Crippen molar-refractivity contribution in [3.63, 3.8) is 0 Å². The molecule has 0 saturated heterocycles. The molecule has 0 saturated carbocycles. The molecule has 11 heavy (non-hydrogen) atoms. The zero-order valence-electron chi connectivity index (χ0n) is 6.63. The maximum Gasteiger partial charge on any atom is 0.0528 e. The van der Waals surface area contributed by atoms with E-state index in [1.54, 1.807) is 7.05 Å². The van der Waals surface area contributed by atoms with Crippen molar-refractivity contribution in [3.8, 4) is 0 Å². The minimum atomic E-state index is 0.750. The summed E-state index contributed by atoms with van der Waals surface area (Å²) >= 11 is 5.88. The zero-order chi connectivity index (χ0) is 8.43. The summed E-state index contributed by atoms with van der Waals surface area (Å²) in [4.78, 5) is 0. The molecule has 2 nitrogen and oxygen atoms in total. The molecule has 0 aliphatic carbocycles. The Hall–Kier alpha value is -0.730. The van der Waals surface area contributed by atoms with Gasteiger partial charge in [-0.05, 0) is 24.6 Å². The summed E-state index contributed by atoms with van der Waals surface area (Å²) in [5.74, 6) is 5.51. The van der Waals surface area contributed by atoms with Crippen LogP contribution in [0, 0.1) is 6.92 Å². The molecular formula is C8H11ClN2. The highest BCUT2D eigenvalue weighted by Crippen LogP contribution is 2.20. The molecule has 0 radical (unpaired) electrons. The average Bonchev–Trinajstić information content (AvgIpc) is 1.94. The number of hydrogen-bond donors (Lipinski definition) is 1. The van der Waals surface area contributed by atoms with Crippen molar-refractivity contribution >= 4 is 17.3 Å². The van der Waals surface area contributed by atoms with Gasteiger partial charge < -0.3 is 5.01 Å². The highest BCUT2D eigenvalue weighted by atomic mass is 35.5. The van der Waals surface area contributed by atoms with E-state index < -0.39 is 0 Å². The fraction of sp³-hybridized carbons (Fsp3) is 0.250. The predicted octanol–water partition coefficient (Wildman–Crippen LogP) is 1.96. The van der Waals surface area contributed by atoms with Crippen LogP contribution in [0.3, 0.4) is 0 Å². The van der Waals surface area contributed by atoms with Gasteiger partial charge in [-0.15, -0.1) is 0 Å². The molecule has 0 aliphatic heterocycles. The van der Waals surface area contributed by atoms with Crippen LogP contribution < -0.4 is 10.9 Å². The van der Waals surface area contributed by atoms with Crippen LogP contribution in [0.15, 0.2) is 18.2 Å². The Balaban J connectivity index is 3.05. The molecule has 0 amide bonds. The maximum absolute atomic E-state index is 5.88. The number of halogens is 1. The predicted molar refractivity (Wildman–Crippen MR) is 48.8 cm³/mol. The zero-order valence-corrected chi connectivity index (χ0v) is 7.39. The molecule has 0 heterocycles. The van der Waals surface area contributed by atoms with Crippen molar-refractivity contribution in [1.82, 2.24) is 0 Å². The van der Waals surface area contributed by atoms with E-state index in [4.69, 9.17) is 17.4 Å². The quantitative estimate of drug-likeness (QED) is 0.516. The van der Waals surface area contributed by atoms with Gasteiger partial charge in [0.05, 0.1) is 5.69 Å². The van der Waals surface area contributed by atoms with E-state index in [9.17, 15) is 0 Å². The lowest BCUT2D eigenvalue weighted by Crippen LogP contribution is -2.24. The first-order valence-electron chi connectivity index (χ1n) is 3.36. The summed E-state index contributed by atoms with van der Waals surface area (Å²) in [7, 11) is 1.78. The number of rotatable bonds is 1. The van der Waals surface area contributed by atoms with E-state index in [0.29, 0.717) is 0 Å². The first kappa shape index (κ1) is 8.37. The largest absolute Gasteiger partial charge is 0.314 e. The van der Waals surface area contributed by atoms with E-state index >= 15 is 0 Å². The number of nitrogens with two attached hydrogens (primary N) is 1. The van der Waals surface area contributed by atoms with Gasteiger partial charge in [0.1, 0.15) is 0 Å². The van der Waals surface area contributed by atoms with Gasteiger partial charge >= 0.3 is 0 Å². The lowest BCUT2D eigenvalue weighted by atomic mass is 10.2. The summed E-state index contributed by atoms with van der Waals surface area (Å²) in [5.41, 5.74) is 1.98. The minimum Gasteiger partial charge on any atom is -0.314 e. The van der Waals surface area contributed by atoms with Gasteiger partial charge in [-0.25, -0.2) is 5.84 Å². The van der Waals surface area contributed by atoms with Crippen molar-refractivity contribution in [2.45, 2.75) is 6.92 Å². The molecule has 0 bridgehead atoms. The number of aryl methyl sites for hydroxylation is 1. The average molecular weight is 171 g/mol. The monoisotopic (exact) mass is 170 g/mol. The van der Waals surface area contributed by atoms with E-state index in [0.717, 1.165) is 16.3 Å². The number of hydrazine groups is 1. The Labute approximate surface area is 71.5 Å². The molecular weight excluding hydrogens is 160 g/mol. The van der Waals surface area contributed by atoms with Crippen LogP contribution in [0.25, 0.3) is 0 Å². The second-order valence-corrected chi connectivity index (χ2v) is 2.95. The molecule has 1 rings (SSSR count). The molecule has 0 fully saturated rings. The van der Waals surface area contributed by atoms with Crippen LogP contribution in [0.4, 0.5) is 5.69 Å². The van der Waals surface area contributed by atoms with Crippen molar-refractivity contribution in [2.24, 2.45) is 5.84 Å². The number of nitrogens with zero attached hydrogens (tertiary/aromatic N) is 1. The second kappa shape index (κ2) is 3.11. The number of anilines is 1. The molecule has 0 aliphatic rings. The number of hydrogen-bond acceptors (Lipinski definition) is 2. The van der Waals surface area contributed by atoms with Crippen LogP contribution in [0.1, 0.15) is 5.56 Å². The first-order chi connectivity index (χ1) is 5.11. The van der Waals surface area contributed by atoms with Gasteiger partial charge in [-0.3, -0.25) is 0 Å². The van der Waals surface area contributed by atoms with Gasteiger partial charge in [0.15, 0.2) is 0 Å². The fourth-order valence-corrected chi connectivity index (χ4v) is 0.976. The van der Waals surface area contributed by atoms with Gasteiger partial charge in [0.25, 0.3) is 0 Å². The third-order valence-corrected chi connectivity index (χ3v) is 1.97. The number of benzene rings is 1. The normalized spacial score (nSPS) is 9.82. The summed E-state index contributed by atoms with van der Waals surface area (Å²) in [6.45, 7) is 1.96. The van der Waals surface area contributed by atoms with E-state index in [1.165, 1.54) is 5.01 Å². The molecule has 1 aromatic carbocycles. The molecule has 2 N–H and O–H groups in total. The Morgan fingerprint density at radius 1 is 1.45 bits per heavy atom. The molecule has 0 spiro atoms. The highest BCUT2D eigenvalue weighted by Gasteiger charge is 1.98. The van der Waals surface area contributed by atoms with Crippen LogP contribution in [-0.2, 0) is 0 Å². The molecule has 3 heteroatoms. The lowest BCUT2D eigenvalue weighted by molar-refractivity contribution is 1.02. The highest BCUT2D eigenvalue weighted by molar-refractivity contribution is 6.31. The van der Waals surface area contributed by atoms with Gasteiger partial charge in [-0.2, -0.15) is 0 Å². The minimum absolute atomic E-state index is 0.750.